The number of carbonyl (C=O) groups is 1. The van der Waals surface area contributed by atoms with E-state index in [-0.39, 0.29) is 6.03 Å². The number of pyridine rings is 1. The van der Waals surface area contributed by atoms with Gasteiger partial charge >= 0.3 is 6.03 Å². The third kappa shape index (κ3) is 3.30. The number of hydrogen-bond donors (Lipinski definition) is 2. The van der Waals surface area contributed by atoms with Gasteiger partial charge in [0.1, 0.15) is 11.2 Å². The second kappa shape index (κ2) is 6.27. The predicted octanol–water partition coefficient (Wildman–Crippen LogP) is 3.15. The molecule has 1 aromatic carbocycles. The van der Waals surface area contributed by atoms with E-state index in [9.17, 15) is 4.79 Å². The maximum atomic E-state index is 12.0. The maximum Gasteiger partial charge on any atom is 0.319 e. The molecule has 2 N–H and O–H groups in total. The van der Waals surface area contributed by atoms with Gasteiger partial charge in [-0.05, 0) is 24.3 Å². The number of nitrogens with one attached hydrogen (secondary N) is 2. The van der Waals surface area contributed by atoms with Crippen LogP contribution in [0.2, 0.25) is 0 Å². The van der Waals surface area contributed by atoms with E-state index in [1.165, 1.54) is 0 Å². The SMILES string of the molecule is Cc1nc2ccc(NC(=O)NCCc3cn4ccccc4n3)cc2o1. The van der Waals surface area contributed by atoms with Crippen molar-refractivity contribution in [3.8, 4) is 0 Å². The maximum absolute atomic E-state index is 12.0. The van der Waals surface area contributed by atoms with Gasteiger partial charge in [-0.1, -0.05) is 6.07 Å². The predicted molar refractivity (Wildman–Crippen MR) is 94.7 cm³/mol. The molecule has 0 saturated heterocycles. The van der Waals surface area contributed by atoms with Crippen molar-refractivity contribution in [3.63, 3.8) is 0 Å². The molecule has 0 aliphatic heterocycles. The number of fused-ring (bicyclic) bond motifs is 2. The molecule has 0 bridgehead atoms. The molecular weight excluding hydrogens is 318 g/mol. The molecule has 0 atom stereocenters. The lowest BCUT2D eigenvalue weighted by molar-refractivity contribution is 0.252. The van der Waals surface area contributed by atoms with Crippen LogP contribution < -0.4 is 10.6 Å². The summed E-state index contributed by atoms with van der Waals surface area (Å²) >= 11 is 0. The van der Waals surface area contributed by atoms with Crippen molar-refractivity contribution < 1.29 is 9.21 Å². The van der Waals surface area contributed by atoms with E-state index in [1.807, 2.05) is 41.1 Å². The fraction of sp³-hybridized carbons (Fsp3) is 0.167. The van der Waals surface area contributed by atoms with Crippen molar-refractivity contribution in [2.75, 3.05) is 11.9 Å². The zero-order chi connectivity index (χ0) is 17.2. The normalized spacial score (nSPS) is 11.1. The van der Waals surface area contributed by atoms with Crippen molar-refractivity contribution in [2.45, 2.75) is 13.3 Å². The van der Waals surface area contributed by atoms with Crippen LogP contribution in [0, 0.1) is 6.92 Å². The summed E-state index contributed by atoms with van der Waals surface area (Å²) in [5.41, 5.74) is 3.92. The number of rotatable bonds is 4. The summed E-state index contributed by atoms with van der Waals surface area (Å²) in [5, 5.41) is 5.62. The molecule has 2 amide bonds. The number of aryl methyl sites for hydroxylation is 1. The quantitative estimate of drug-likeness (QED) is 0.600. The third-order valence-corrected chi connectivity index (χ3v) is 3.83. The Labute approximate surface area is 143 Å². The van der Waals surface area contributed by atoms with Crippen LogP contribution in [0.25, 0.3) is 16.7 Å². The number of nitrogens with zero attached hydrogens (tertiary/aromatic N) is 3. The van der Waals surface area contributed by atoms with Gasteiger partial charge in [-0.15, -0.1) is 0 Å². The number of imidazole rings is 1. The first kappa shape index (κ1) is 15.2. The van der Waals surface area contributed by atoms with Crippen LogP contribution in [0.1, 0.15) is 11.6 Å². The van der Waals surface area contributed by atoms with Crippen LogP contribution in [0.5, 0.6) is 0 Å². The minimum atomic E-state index is -0.264. The molecule has 0 aliphatic rings. The lowest BCUT2D eigenvalue weighted by Crippen LogP contribution is -2.30. The van der Waals surface area contributed by atoms with E-state index in [4.69, 9.17) is 4.42 Å². The van der Waals surface area contributed by atoms with E-state index in [0.29, 0.717) is 30.1 Å². The van der Waals surface area contributed by atoms with Gasteiger partial charge in [0.25, 0.3) is 0 Å². The highest BCUT2D eigenvalue weighted by Crippen LogP contribution is 2.19. The van der Waals surface area contributed by atoms with E-state index < -0.39 is 0 Å². The number of anilines is 1. The Morgan fingerprint density at radius 1 is 1.24 bits per heavy atom. The highest BCUT2D eigenvalue weighted by atomic mass is 16.3. The Hall–Kier alpha value is -3.35. The standard InChI is InChI=1S/C18H17N5O2/c1-12-20-15-6-5-13(10-16(15)25-12)22-18(24)19-8-7-14-11-23-9-3-2-4-17(23)21-14/h2-6,9-11H,7-8H2,1H3,(H2,19,22,24). The highest BCUT2D eigenvalue weighted by molar-refractivity contribution is 5.91. The van der Waals surface area contributed by atoms with Crippen molar-refractivity contribution in [1.29, 1.82) is 0 Å². The molecule has 7 heteroatoms. The molecule has 3 heterocycles. The summed E-state index contributed by atoms with van der Waals surface area (Å²) in [7, 11) is 0. The van der Waals surface area contributed by atoms with E-state index in [0.717, 1.165) is 16.9 Å². The summed E-state index contributed by atoms with van der Waals surface area (Å²) in [4.78, 5) is 20.8. The van der Waals surface area contributed by atoms with Gasteiger partial charge < -0.3 is 19.5 Å². The van der Waals surface area contributed by atoms with Crippen LogP contribution in [0.4, 0.5) is 10.5 Å². The Morgan fingerprint density at radius 2 is 2.16 bits per heavy atom. The second-order valence-electron chi connectivity index (χ2n) is 5.74. The smallest absolute Gasteiger partial charge is 0.319 e. The van der Waals surface area contributed by atoms with Gasteiger partial charge in [0, 0.05) is 44.0 Å². The molecule has 126 valence electrons. The van der Waals surface area contributed by atoms with Crippen LogP contribution in [0.15, 0.2) is 53.2 Å². The molecule has 0 spiro atoms. The Morgan fingerprint density at radius 3 is 3.04 bits per heavy atom. The topological polar surface area (TPSA) is 84.5 Å². The number of urea groups is 1. The fourth-order valence-corrected chi connectivity index (χ4v) is 2.70. The summed E-state index contributed by atoms with van der Waals surface area (Å²) < 4.78 is 7.43. The first-order valence-corrected chi connectivity index (χ1v) is 8.02. The third-order valence-electron chi connectivity index (χ3n) is 3.83. The fourth-order valence-electron chi connectivity index (χ4n) is 2.70. The Bertz CT molecular complexity index is 1020. The largest absolute Gasteiger partial charge is 0.441 e. The van der Waals surface area contributed by atoms with Crippen LogP contribution >= 0.6 is 0 Å². The molecule has 25 heavy (non-hydrogen) atoms. The molecule has 7 nitrogen and oxygen atoms in total. The molecule has 0 aliphatic carbocycles. The van der Waals surface area contributed by atoms with Crippen LogP contribution in [-0.2, 0) is 6.42 Å². The van der Waals surface area contributed by atoms with Gasteiger partial charge in [0.2, 0.25) is 0 Å². The molecule has 0 saturated carbocycles. The number of aromatic nitrogens is 3. The van der Waals surface area contributed by atoms with Crippen molar-refractivity contribution >= 4 is 28.5 Å². The highest BCUT2D eigenvalue weighted by Gasteiger charge is 2.07. The Kier molecular flexibility index (Phi) is 3.81. The second-order valence-corrected chi connectivity index (χ2v) is 5.74. The first-order valence-electron chi connectivity index (χ1n) is 8.02. The molecule has 3 aromatic heterocycles. The van der Waals surface area contributed by atoms with Crippen molar-refractivity contribution in [3.05, 3.63) is 60.4 Å². The van der Waals surface area contributed by atoms with Gasteiger partial charge in [-0.3, -0.25) is 0 Å². The van der Waals surface area contributed by atoms with Gasteiger partial charge in [-0.2, -0.15) is 0 Å². The van der Waals surface area contributed by atoms with Crippen molar-refractivity contribution in [1.82, 2.24) is 19.7 Å². The van der Waals surface area contributed by atoms with Crippen LogP contribution in [0.3, 0.4) is 0 Å². The molecule has 4 rings (SSSR count). The van der Waals surface area contributed by atoms with E-state index in [1.54, 1.807) is 19.1 Å². The zero-order valence-corrected chi connectivity index (χ0v) is 13.7. The summed E-state index contributed by atoms with van der Waals surface area (Å²) in [6.45, 7) is 2.29. The molecule has 0 unspecified atom stereocenters. The van der Waals surface area contributed by atoms with Gasteiger partial charge in [-0.25, -0.2) is 14.8 Å². The lowest BCUT2D eigenvalue weighted by atomic mass is 10.3. The molecule has 0 fully saturated rings. The number of hydrogen-bond acceptors (Lipinski definition) is 4. The first-order chi connectivity index (χ1) is 12.2. The average Bonchev–Trinajstić information content (AvgIpc) is 3.16. The number of amides is 2. The zero-order valence-electron chi connectivity index (χ0n) is 13.7. The Balaban J connectivity index is 1.33. The van der Waals surface area contributed by atoms with Crippen LogP contribution in [-0.4, -0.2) is 26.9 Å². The number of benzene rings is 1. The van der Waals surface area contributed by atoms with E-state index in [2.05, 4.69) is 20.6 Å². The van der Waals surface area contributed by atoms with E-state index >= 15 is 0 Å². The minimum absolute atomic E-state index is 0.264. The number of carbonyl (C=O) groups excluding carboxylic acids is 1. The minimum Gasteiger partial charge on any atom is -0.441 e. The monoisotopic (exact) mass is 335 g/mol. The lowest BCUT2D eigenvalue weighted by Gasteiger charge is -2.06. The summed E-state index contributed by atoms with van der Waals surface area (Å²) in [6, 6.07) is 11.0. The average molecular weight is 335 g/mol. The van der Waals surface area contributed by atoms with Gasteiger partial charge in [0.15, 0.2) is 11.5 Å². The van der Waals surface area contributed by atoms with Crippen molar-refractivity contribution in [2.24, 2.45) is 0 Å². The molecule has 0 radical (unpaired) electrons. The molecule has 4 aromatic rings. The van der Waals surface area contributed by atoms with Gasteiger partial charge in [0.05, 0.1) is 5.69 Å². The number of oxazole rings is 1. The summed E-state index contributed by atoms with van der Waals surface area (Å²) in [6.07, 6.45) is 4.58. The molecular formula is C18H17N5O2. The summed E-state index contributed by atoms with van der Waals surface area (Å²) in [5.74, 6) is 0.601.